The molecule has 1 atom stereocenters. The van der Waals surface area contributed by atoms with Crippen LogP contribution in [0.2, 0.25) is 0 Å². The van der Waals surface area contributed by atoms with Gasteiger partial charge in [0.25, 0.3) is 11.6 Å². The summed E-state index contributed by atoms with van der Waals surface area (Å²) in [5.74, 6) is -0.533. The van der Waals surface area contributed by atoms with Gasteiger partial charge in [-0.05, 0) is 31.4 Å². The molecule has 0 radical (unpaired) electrons. The minimum atomic E-state index is -3.70. The monoisotopic (exact) mass is 445 g/mol. The van der Waals surface area contributed by atoms with Gasteiger partial charge in [-0.15, -0.1) is 0 Å². The molecule has 0 aliphatic heterocycles. The number of carbonyl (C=O) groups excluding carboxylic acids is 1. The van der Waals surface area contributed by atoms with Crippen molar-refractivity contribution in [2.45, 2.75) is 49.1 Å². The van der Waals surface area contributed by atoms with Crippen LogP contribution >= 0.6 is 0 Å². The molecule has 166 valence electrons. The van der Waals surface area contributed by atoms with E-state index in [9.17, 15) is 23.3 Å². The summed E-state index contributed by atoms with van der Waals surface area (Å²) in [4.78, 5) is 23.0. The molecule has 31 heavy (non-hydrogen) atoms. The molecule has 0 saturated heterocycles. The fourth-order valence-corrected chi connectivity index (χ4v) is 4.77. The first-order chi connectivity index (χ1) is 14.6. The molecular formula is C22H27N3O5S. The molecule has 8 nitrogen and oxygen atoms in total. The van der Waals surface area contributed by atoms with Crippen LogP contribution in [0.3, 0.4) is 0 Å². The predicted molar refractivity (Wildman–Crippen MR) is 118 cm³/mol. The van der Waals surface area contributed by atoms with Crippen molar-refractivity contribution in [1.29, 1.82) is 0 Å². The van der Waals surface area contributed by atoms with E-state index >= 15 is 0 Å². The van der Waals surface area contributed by atoms with E-state index in [2.05, 4.69) is 29.7 Å². The zero-order chi connectivity index (χ0) is 22.6. The Morgan fingerprint density at radius 2 is 1.81 bits per heavy atom. The average molecular weight is 446 g/mol. The predicted octanol–water partition coefficient (Wildman–Crippen LogP) is 3.39. The van der Waals surface area contributed by atoms with Gasteiger partial charge in [-0.25, -0.2) is 8.42 Å². The third-order valence-electron chi connectivity index (χ3n) is 5.76. The quantitative estimate of drug-likeness (QED) is 0.475. The van der Waals surface area contributed by atoms with Gasteiger partial charge in [0.2, 0.25) is 0 Å². The molecule has 9 heteroatoms. The lowest BCUT2D eigenvalue weighted by Crippen LogP contribution is -2.52. The van der Waals surface area contributed by atoms with Crippen LogP contribution in [0, 0.1) is 10.1 Å². The molecule has 1 aliphatic rings. The van der Waals surface area contributed by atoms with Crippen molar-refractivity contribution in [3.63, 3.8) is 0 Å². The van der Waals surface area contributed by atoms with Gasteiger partial charge < -0.3 is 10.6 Å². The Morgan fingerprint density at radius 3 is 2.39 bits per heavy atom. The number of carbonyl (C=O) groups is 1. The highest BCUT2D eigenvalue weighted by Gasteiger charge is 2.35. The van der Waals surface area contributed by atoms with Crippen molar-refractivity contribution in [2.24, 2.45) is 0 Å². The molecule has 1 saturated carbocycles. The van der Waals surface area contributed by atoms with Crippen LogP contribution in [-0.2, 0) is 9.84 Å². The van der Waals surface area contributed by atoms with E-state index in [1.165, 1.54) is 6.07 Å². The van der Waals surface area contributed by atoms with Crippen LogP contribution in [-0.4, -0.2) is 37.6 Å². The minimum absolute atomic E-state index is 0.0427. The summed E-state index contributed by atoms with van der Waals surface area (Å²) in [5.41, 5.74) is 0.389. The summed E-state index contributed by atoms with van der Waals surface area (Å²) in [5, 5.41) is 17.7. The second-order valence-corrected chi connectivity index (χ2v) is 10.2. The van der Waals surface area contributed by atoms with Crippen molar-refractivity contribution >= 4 is 21.4 Å². The lowest BCUT2D eigenvalue weighted by Gasteiger charge is -2.34. The van der Waals surface area contributed by atoms with Crippen LogP contribution < -0.4 is 10.6 Å². The van der Waals surface area contributed by atoms with Gasteiger partial charge in [0.05, 0.1) is 9.82 Å². The lowest BCUT2D eigenvalue weighted by atomic mass is 9.94. The molecule has 0 bridgehead atoms. The molecule has 2 N–H and O–H groups in total. The number of nitro groups is 1. The summed E-state index contributed by atoms with van der Waals surface area (Å²) < 4.78 is 23.8. The number of rotatable bonds is 8. The average Bonchev–Trinajstić information content (AvgIpc) is 3.20. The van der Waals surface area contributed by atoms with Crippen LogP contribution in [0.25, 0.3) is 0 Å². The standard InChI is InChI=1S/C22H27N3O5S/c1-16(17-8-4-3-5-9-17)24-22(10-6-7-11-22)15-23-21(26)18-12-19(25(27)28)14-20(13-18)31(2,29)30/h3-5,8-9,12-14,16,24H,6-7,10-11,15H2,1-2H3,(H,23,26). The molecule has 2 aromatic rings. The first-order valence-electron chi connectivity index (χ1n) is 10.2. The Morgan fingerprint density at radius 1 is 1.16 bits per heavy atom. The number of benzene rings is 2. The minimum Gasteiger partial charge on any atom is -0.350 e. The number of nitro benzene ring substituents is 1. The SMILES string of the molecule is CC(NC1(CNC(=O)c2cc([N+](=O)[O-])cc(S(C)(=O)=O)c2)CCCC1)c1ccccc1. The summed E-state index contributed by atoms with van der Waals surface area (Å²) >= 11 is 0. The van der Waals surface area contributed by atoms with Crippen LogP contribution in [0.4, 0.5) is 5.69 Å². The maximum atomic E-state index is 12.8. The van der Waals surface area contributed by atoms with Crippen molar-refractivity contribution in [3.8, 4) is 0 Å². The van der Waals surface area contributed by atoms with E-state index in [4.69, 9.17) is 0 Å². The number of hydrogen-bond acceptors (Lipinski definition) is 6. The molecule has 1 amide bonds. The van der Waals surface area contributed by atoms with Crippen molar-refractivity contribution in [1.82, 2.24) is 10.6 Å². The summed E-state index contributed by atoms with van der Waals surface area (Å²) in [6.45, 7) is 2.43. The molecule has 2 aromatic carbocycles. The normalized spacial score (nSPS) is 16.6. The Balaban J connectivity index is 1.77. The number of non-ortho nitro benzene ring substituents is 1. The number of nitrogens with one attached hydrogen (secondary N) is 2. The van der Waals surface area contributed by atoms with Gasteiger partial charge in [0.1, 0.15) is 0 Å². The highest BCUT2D eigenvalue weighted by Crippen LogP contribution is 2.32. The van der Waals surface area contributed by atoms with Gasteiger partial charge in [-0.1, -0.05) is 43.2 Å². The second kappa shape index (κ2) is 9.15. The largest absolute Gasteiger partial charge is 0.350 e. The van der Waals surface area contributed by atoms with Gasteiger partial charge >= 0.3 is 0 Å². The van der Waals surface area contributed by atoms with Crippen LogP contribution in [0.1, 0.15) is 54.6 Å². The van der Waals surface area contributed by atoms with Crippen LogP contribution in [0.5, 0.6) is 0 Å². The molecule has 1 aliphatic carbocycles. The number of nitrogens with zero attached hydrogens (tertiary/aromatic N) is 1. The molecule has 3 rings (SSSR count). The van der Waals surface area contributed by atoms with E-state index in [1.54, 1.807) is 0 Å². The van der Waals surface area contributed by atoms with Crippen molar-refractivity contribution < 1.29 is 18.1 Å². The van der Waals surface area contributed by atoms with E-state index in [0.717, 1.165) is 49.6 Å². The Bertz CT molecular complexity index is 1060. The number of hydrogen-bond donors (Lipinski definition) is 2. The zero-order valence-electron chi connectivity index (χ0n) is 17.6. The maximum absolute atomic E-state index is 12.8. The fourth-order valence-electron chi connectivity index (χ4n) is 4.09. The van der Waals surface area contributed by atoms with Gasteiger partial charge in [0, 0.05) is 42.1 Å². The first-order valence-corrected chi connectivity index (χ1v) is 12.1. The highest BCUT2D eigenvalue weighted by molar-refractivity contribution is 7.90. The third kappa shape index (κ3) is 5.68. The van der Waals surface area contributed by atoms with E-state index < -0.39 is 26.4 Å². The highest BCUT2D eigenvalue weighted by atomic mass is 32.2. The molecule has 0 aromatic heterocycles. The van der Waals surface area contributed by atoms with Gasteiger partial charge in [-0.3, -0.25) is 14.9 Å². The number of sulfone groups is 1. The van der Waals surface area contributed by atoms with E-state index in [1.807, 2.05) is 18.2 Å². The molecule has 0 heterocycles. The zero-order valence-corrected chi connectivity index (χ0v) is 18.4. The lowest BCUT2D eigenvalue weighted by molar-refractivity contribution is -0.385. The Kier molecular flexibility index (Phi) is 6.76. The van der Waals surface area contributed by atoms with E-state index in [0.29, 0.717) is 6.54 Å². The fraction of sp³-hybridized carbons (Fsp3) is 0.409. The summed E-state index contributed by atoms with van der Waals surface area (Å²) in [7, 11) is -3.70. The number of amides is 1. The smallest absolute Gasteiger partial charge is 0.271 e. The molecule has 0 spiro atoms. The summed E-state index contributed by atoms with van der Waals surface area (Å²) in [6, 6.07) is 13.4. The first kappa shape index (κ1) is 22.9. The molecular weight excluding hydrogens is 418 g/mol. The van der Waals surface area contributed by atoms with E-state index in [-0.39, 0.29) is 22.0 Å². The molecule has 1 fully saturated rings. The van der Waals surface area contributed by atoms with Gasteiger partial charge in [-0.2, -0.15) is 0 Å². The van der Waals surface area contributed by atoms with Crippen LogP contribution in [0.15, 0.2) is 53.4 Å². The second-order valence-electron chi connectivity index (χ2n) is 8.19. The van der Waals surface area contributed by atoms with Crippen molar-refractivity contribution in [3.05, 3.63) is 69.8 Å². The maximum Gasteiger partial charge on any atom is 0.271 e. The molecule has 1 unspecified atom stereocenters. The van der Waals surface area contributed by atoms with Crippen molar-refractivity contribution in [2.75, 3.05) is 12.8 Å². The topological polar surface area (TPSA) is 118 Å². The Hall–Kier alpha value is -2.78. The Labute approximate surface area is 182 Å². The summed E-state index contributed by atoms with van der Waals surface area (Å²) in [6.07, 6.45) is 4.83. The third-order valence-corrected chi connectivity index (χ3v) is 6.85. The van der Waals surface area contributed by atoms with Gasteiger partial charge in [0.15, 0.2) is 9.84 Å².